The molecule has 3 aromatic heterocycles. The maximum atomic E-state index is 13.5. The van der Waals surface area contributed by atoms with Gasteiger partial charge in [0, 0.05) is 11.6 Å². The number of para-hydroxylation sites is 1. The van der Waals surface area contributed by atoms with Crippen LogP contribution in [0.3, 0.4) is 0 Å². The number of anilines is 1. The number of furan rings is 1. The average Bonchev–Trinajstić information content (AvgIpc) is 3.41. The van der Waals surface area contributed by atoms with E-state index in [0.29, 0.717) is 23.0 Å². The fourth-order valence-electron chi connectivity index (χ4n) is 3.39. The summed E-state index contributed by atoms with van der Waals surface area (Å²) in [6.45, 7) is 2.44. The van der Waals surface area contributed by atoms with Crippen molar-refractivity contribution in [3.05, 3.63) is 89.9 Å². The molecule has 1 amide bonds. The number of rotatable bonds is 5. The van der Waals surface area contributed by atoms with Gasteiger partial charge in [0.15, 0.2) is 10.9 Å². The van der Waals surface area contributed by atoms with Gasteiger partial charge in [0.25, 0.3) is 5.91 Å². The molecule has 0 N–H and O–H groups in total. The second kappa shape index (κ2) is 7.72. The number of hydrogen-bond acceptors (Lipinski definition) is 5. The van der Waals surface area contributed by atoms with Crippen molar-refractivity contribution in [2.75, 3.05) is 4.90 Å². The summed E-state index contributed by atoms with van der Waals surface area (Å²) in [7, 11) is 0. The van der Waals surface area contributed by atoms with Crippen LogP contribution >= 0.6 is 11.3 Å². The van der Waals surface area contributed by atoms with Gasteiger partial charge in [-0.3, -0.25) is 14.7 Å². The quantitative estimate of drug-likeness (QED) is 0.363. The van der Waals surface area contributed by atoms with Crippen molar-refractivity contribution in [3.63, 3.8) is 0 Å². The summed E-state index contributed by atoms with van der Waals surface area (Å²) in [6.07, 6.45) is 2.68. The SMILES string of the molecule is CCc1ccc2nc(N(Cc3ccccn3)C(=O)c3cc4ccccc4o3)sc2c1. The molecule has 0 unspecified atom stereocenters. The van der Waals surface area contributed by atoms with Gasteiger partial charge >= 0.3 is 0 Å². The number of hydrogen-bond donors (Lipinski definition) is 0. The van der Waals surface area contributed by atoms with Crippen molar-refractivity contribution in [1.82, 2.24) is 9.97 Å². The minimum absolute atomic E-state index is 0.230. The molecule has 5 nitrogen and oxygen atoms in total. The van der Waals surface area contributed by atoms with Crippen LogP contribution in [0.5, 0.6) is 0 Å². The number of carbonyl (C=O) groups excluding carboxylic acids is 1. The van der Waals surface area contributed by atoms with Gasteiger partial charge in [0.1, 0.15) is 5.58 Å². The van der Waals surface area contributed by atoms with Crippen molar-refractivity contribution < 1.29 is 9.21 Å². The highest BCUT2D eigenvalue weighted by molar-refractivity contribution is 7.22. The monoisotopic (exact) mass is 413 g/mol. The summed E-state index contributed by atoms with van der Waals surface area (Å²) in [5, 5.41) is 1.53. The number of benzene rings is 2. The maximum Gasteiger partial charge on any atom is 0.296 e. The van der Waals surface area contributed by atoms with Crippen LogP contribution in [0.4, 0.5) is 5.13 Å². The molecule has 30 heavy (non-hydrogen) atoms. The Bertz CT molecular complexity index is 1310. The van der Waals surface area contributed by atoms with Gasteiger partial charge in [-0.25, -0.2) is 4.98 Å². The Morgan fingerprint density at radius 1 is 1.07 bits per heavy atom. The van der Waals surface area contributed by atoms with Gasteiger partial charge < -0.3 is 4.42 Å². The molecule has 2 aromatic carbocycles. The highest BCUT2D eigenvalue weighted by Crippen LogP contribution is 2.32. The van der Waals surface area contributed by atoms with Crippen LogP contribution in [0, 0.1) is 0 Å². The smallest absolute Gasteiger partial charge is 0.296 e. The molecule has 5 rings (SSSR count). The third-order valence-corrected chi connectivity index (χ3v) is 6.05. The summed E-state index contributed by atoms with van der Waals surface area (Å²) < 4.78 is 6.91. The molecule has 6 heteroatoms. The first-order valence-electron chi connectivity index (χ1n) is 9.81. The van der Waals surface area contributed by atoms with Crippen LogP contribution in [-0.2, 0) is 13.0 Å². The van der Waals surface area contributed by atoms with Gasteiger partial charge in [-0.2, -0.15) is 0 Å². The fraction of sp³-hybridized carbons (Fsp3) is 0.125. The van der Waals surface area contributed by atoms with E-state index in [1.54, 1.807) is 17.2 Å². The number of carbonyl (C=O) groups is 1. The Morgan fingerprint density at radius 2 is 1.93 bits per heavy atom. The molecular weight excluding hydrogens is 394 g/mol. The third-order valence-electron chi connectivity index (χ3n) is 5.01. The minimum atomic E-state index is -0.230. The van der Waals surface area contributed by atoms with E-state index in [1.165, 1.54) is 16.9 Å². The minimum Gasteiger partial charge on any atom is -0.451 e. The van der Waals surface area contributed by atoms with E-state index in [9.17, 15) is 4.79 Å². The lowest BCUT2D eigenvalue weighted by Crippen LogP contribution is -2.30. The molecule has 0 atom stereocenters. The first kappa shape index (κ1) is 18.5. The first-order chi connectivity index (χ1) is 14.7. The number of nitrogens with zero attached hydrogens (tertiary/aromatic N) is 3. The molecule has 148 valence electrons. The van der Waals surface area contributed by atoms with E-state index in [1.807, 2.05) is 48.5 Å². The van der Waals surface area contributed by atoms with E-state index >= 15 is 0 Å². The normalized spacial score (nSPS) is 11.2. The zero-order chi connectivity index (χ0) is 20.5. The van der Waals surface area contributed by atoms with Crippen molar-refractivity contribution in [1.29, 1.82) is 0 Å². The standard InChI is InChI=1S/C24H19N3O2S/c1-2-16-10-11-19-22(13-16)30-24(26-19)27(15-18-8-5-6-12-25-18)23(28)21-14-17-7-3-4-9-20(17)29-21/h3-14H,2,15H2,1H3. The Hall–Kier alpha value is -3.51. The van der Waals surface area contributed by atoms with Gasteiger partial charge in [-0.15, -0.1) is 0 Å². The molecule has 0 aliphatic carbocycles. The van der Waals surface area contributed by atoms with Crippen molar-refractivity contribution in [3.8, 4) is 0 Å². The molecule has 0 aliphatic heterocycles. The lowest BCUT2D eigenvalue weighted by atomic mass is 10.2. The van der Waals surface area contributed by atoms with Crippen molar-refractivity contribution in [2.45, 2.75) is 19.9 Å². The molecule has 0 bridgehead atoms. The Balaban J connectivity index is 1.58. The second-order valence-corrected chi connectivity index (χ2v) is 8.02. The van der Waals surface area contributed by atoms with Crippen LogP contribution in [0.25, 0.3) is 21.2 Å². The third kappa shape index (κ3) is 3.46. The highest BCUT2D eigenvalue weighted by Gasteiger charge is 2.25. The molecular formula is C24H19N3O2S. The van der Waals surface area contributed by atoms with E-state index in [4.69, 9.17) is 9.40 Å². The molecule has 0 saturated heterocycles. The topological polar surface area (TPSA) is 59.2 Å². The summed E-state index contributed by atoms with van der Waals surface area (Å²) in [5.74, 6) is 0.0623. The second-order valence-electron chi connectivity index (χ2n) is 7.01. The number of thiazole rings is 1. The zero-order valence-corrected chi connectivity index (χ0v) is 17.2. The van der Waals surface area contributed by atoms with E-state index in [-0.39, 0.29) is 5.91 Å². The fourth-order valence-corrected chi connectivity index (χ4v) is 4.42. The number of pyridine rings is 1. The first-order valence-corrected chi connectivity index (χ1v) is 10.6. The Kier molecular flexibility index (Phi) is 4.77. The lowest BCUT2D eigenvalue weighted by molar-refractivity contribution is 0.0960. The van der Waals surface area contributed by atoms with E-state index < -0.39 is 0 Å². The lowest BCUT2D eigenvalue weighted by Gasteiger charge is -2.18. The summed E-state index contributed by atoms with van der Waals surface area (Å²) in [4.78, 5) is 24.3. The molecule has 0 aliphatic rings. The zero-order valence-electron chi connectivity index (χ0n) is 16.4. The molecule has 0 saturated carbocycles. The molecule has 0 radical (unpaired) electrons. The van der Waals surface area contributed by atoms with Crippen LogP contribution in [0.2, 0.25) is 0 Å². The van der Waals surface area contributed by atoms with Crippen molar-refractivity contribution in [2.24, 2.45) is 0 Å². The number of fused-ring (bicyclic) bond motifs is 2. The predicted molar refractivity (Wildman–Crippen MR) is 120 cm³/mol. The summed E-state index contributed by atoms with van der Waals surface area (Å²) in [6, 6.07) is 21.3. The van der Waals surface area contributed by atoms with E-state index in [2.05, 4.69) is 24.0 Å². The largest absolute Gasteiger partial charge is 0.451 e. The van der Waals surface area contributed by atoms with Crippen LogP contribution in [0.15, 0.2) is 77.3 Å². The number of amides is 1. The van der Waals surface area contributed by atoms with Gasteiger partial charge in [-0.05, 0) is 48.4 Å². The average molecular weight is 414 g/mol. The van der Waals surface area contributed by atoms with Gasteiger partial charge in [0.2, 0.25) is 0 Å². The Morgan fingerprint density at radius 3 is 2.73 bits per heavy atom. The molecule has 0 spiro atoms. The molecule has 3 heterocycles. The van der Waals surface area contributed by atoms with Crippen LogP contribution in [0.1, 0.15) is 28.7 Å². The maximum absolute atomic E-state index is 13.5. The van der Waals surface area contributed by atoms with Gasteiger partial charge in [0.05, 0.1) is 22.5 Å². The summed E-state index contributed by atoms with van der Waals surface area (Å²) in [5.41, 5.74) is 3.61. The van der Waals surface area contributed by atoms with Gasteiger partial charge in [-0.1, -0.05) is 48.6 Å². The molecule has 5 aromatic rings. The number of aryl methyl sites for hydroxylation is 1. The summed E-state index contributed by atoms with van der Waals surface area (Å²) >= 11 is 1.51. The molecule has 0 fully saturated rings. The van der Waals surface area contributed by atoms with E-state index in [0.717, 1.165) is 27.7 Å². The van der Waals surface area contributed by atoms with Crippen LogP contribution < -0.4 is 4.90 Å². The van der Waals surface area contributed by atoms with Crippen LogP contribution in [-0.4, -0.2) is 15.9 Å². The predicted octanol–water partition coefficient (Wildman–Crippen LogP) is 5.85. The highest BCUT2D eigenvalue weighted by atomic mass is 32.1. The van der Waals surface area contributed by atoms with Crippen molar-refractivity contribution >= 4 is 43.6 Å². The number of aromatic nitrogens is 2. The Labute approximate surface area is 177 Å².